The van der Waals surface area contributed by atoms with Crippen LogP contribution in [0.2, 0.25) is 0 Å². The molecule has 1 aromatic heterocycles. The molecule has 0 saturated carbocycles. The third-order valence-electron chi connectivity index (χ3n) is 3.57. The van der Waals surface area contributed by atoms with Gasteiger partial charge >= 0.3 is 0 Å². The SMILES string of the molecule is Cc1[nH]c2cc(F)ccc2c1C(=O)C1CCCN1. The van der Waals surface area contributed by atoms with Crippen molar-refractivity contribution in [2.24, 2.45) is 0 Å². The van der Waals surface area contributed by atoms with Crippen LogP contribution in [0.3, 0.4) is 0 Å². The zero-order chi connectivity index (χ0) is 12.7. The number of aromatic nitrogens is 1. The van der Waals surface area contributed by atoms with Crippen LogP contribution in [-0.4, -0.2) is 23.4 Å². The molecule has 0 bridgehead atoms. The van der Waals surface area contributed by atoms with Crippen LogP contribution in [0, 0.1) is 12.7 Å². The molecule has 2 heterocycles. The highest BCUT2D eigenvalue weighted by Crippen LogP contribution is 2.25. The van der Waals surface area contributed by atoms with E-state index in [1.165, 1.54) is 12.1 Å². The number of aromatic amines is 1. The van der Waals surface area contributed by atoms with Gasteiger partial charge in [-0.2, -0.15) is 0 Å². The van der Waals surface area contributed by atoms with E-state index in [0.29, 0.717) is 11.1 Å². The molecule has 0 aliphatic carbocycles. The number of nitrogens with one attached hydrogen (secondary N) is 2. The van der Waals surface area contributed by atoms with E-state index in [9.17, 15) is 9.18 Å². The minimum absolute atomic E-state index is 0.0900. The molecule has 94 valence electrons. The van der Waals surface area contributed by atoms with Crippen LogP contribution in [0.25, 0.3) is 10.9 Å². The van der Waals surface area contributed by atoms with Crippen molar-refractivity contribution in [3.8, 4) is 0 Å². The van der Waals surface area contributed by atoms with Crippen molar-refractivity contribution in [3.63, 3.8) is 0 Å². The van der Waals surface area contributed by atoms with E-state index in [0.717, 1.165) is 30.5 Å². The van der Waals surface area contributed by atoms with Crippen LogP contribution in [0.5, 0.6) is 0 Å². The molecule has 2 aromatic rings. The monoisotopic (exact) mass is 246 g/mol. The van der Waals surface area contributed by atoms with Crippen LogP contribution in [0.4, 0.5) is 4.39 Å². The molecule has 1 atom stereocenters. The molecule has 1 unspecified atom stereocenters. The summed E-state index contributed by atoms with van der Waals surface area (Å²) in [4.78, 5) is 15.5. The molecule has 18 heavy (non-hydrogen) atoms. The molecule has 2 N–H and O–H groups in total. The van der Waals surface area contributed by atoms with Crippen molar-refractivity contribution in [2.75, 3.05) is 6.54 Å². The quantitative estimate of drug-likeness (QED) is 0.800. The van der Waals surface area contributed by atoms with E-state index < -0.39 is 0 Å². The Morgan fingerprint density at radius 2 is 2.28 bits per heavy atom. The summed E-state index contributed by atoms with van der Waals surface area (Å²) < 4.78 is 13.2. The van der Waals surface area contributed by atoms with Crippen molar-refractivity contribution in [1.29, 1.82) is 0 Å². The van der Waals surface area contributed by atoms with E-state index in [1.54, 1.807) is 6.07 Å². The topological polar surface area (TPSA) is 44.9 Å². The Balaban J connectivity index is 2.10. The number of halogens is 1. The van der Waals surface area contributed by atoms with E-state index in [1.807, 2.05) is 6.92 Å². The minimum atomic E-state index is -0.290. The van der Waals surface area contributed by atoms with E-state index in [4.69, 9.17) is 0 Å². The molecular weight excluding hydrogens is 231 g/mol. The number of H-pyrrole nitrogens is 1. The predicted molar refractivity (Wildman–Crippen MR) is 68.3 cm³/mol. The molecule has 3 nitrogen and oxygen atoms in total. The maximum absolute atomic E-state index is 13.2. The number of fused-ring (bicyclic) bond motifs is 1. The normalized spacial score (nSPS) is 19.6. The fourth-order valence-corrected chi connectivity index (χ4v) is 2.70. The summed E-state index contributed by atoms with van der Waals surface area (Å²) in [6, 6.07) is 4.42. The third kappa shape index (κ3) is 1.73. The van der Waals surface area contributed by atoms with Gasteiger partial charge in [-0.05, 0) is 44.5 Å². The molecule has 1 saturated heterocycles. The minimum Gasteiger partial charge on any atom is -0.358 e. The van der Waals surface area contributed by atoms with Crippen molar-refractivity contribution in [2.45, 2.75) is 25.8 Å². The first-order valence-corrected chi connectivity index (χ1v) is 6.22. The van der Waals surface area contributed by atoms with E-state index >= 15 is 0 Å². The van der Waals surface area contributed by atoms with Gasteiger partial charge in [-0.3, -0.25) is 4.79 Å². The van der Waals surface area contributed by atoms with Gasteiger partial charge in [0.05, 0.1) is 6.04 Å². The van der Waals surface area contributed by atoms with E-state index in [-0.39, 0.29) is 17.6 Å². The zero-order valence-corrected chi connectivity index (χ0v) is 10.2. The van der Waals surface area contributed by atoms with Crippen LogP contribution in [0.15, 0.2) is 18.2 Å². The van der Waals surface area contributed by atoms with Gasteiger partial charge in [0.1, 0.15) is 5.82 Å². The largest absolute Gasteiger partial charge is 0.358 e. The Hall–Kier alpha value is -1.68. The summed E-state index contributed by atoms with van der Waals surface area (Å²) in [6.07, 6.45) is 1.92. The Labute approximate surface area is 104 Å². The second-order valence-electron chi connectivity index (χ2n) is 4.83. The summed E-state index contributed by atoms with van der Waals surface area (Å²) in [5, 5.41) is 4.02. The fourth-order valence-electron chi connectivity index (χ4n) is 2.70. The first-order valence-electron chi connectivity index (χ1n) is 6.22. The molecule has 1 aliphatic rings. The molecule has 3 rings (SSSR count). The lowest BCUT2D eigenvalue weighted by Gasteiger charge is -2.08. The highest BCUT2D eigenvalue weighted by molar-refractivity contribution is 6.11. The standard InChI is InChI=1S/C14H15FN2O/c1-8-13(14(18)11-3-2-6-16-11)10-5-4-9(15)7-12(10)17-8/h4-5,7,11,16-17H,2-3,6H2,1H3. The van der Waals surface area contributed by atoms with Crippen molar-refractivity contribution in [1.82, 2.24) is 10.3 Å². The van der Waals surface area contributed by atoms with Gasteiger partial charge in [-0.25, -0.2) is 4.39 Å². The van der Waals surface area contributed by atoms with Crippen molar-refractivity contribution in [3.05, 3.63) is 35.3 Å². The summed E-state index contributed by atoms with van der Waals surface area (Å²) in [7, 11) is 0. The van der Waals surface area contributed by atoms with Gasteiger partial charge in [0.25, 0.3) is 0 Å². The smallest absolute Gasteiger partial charge is 0.182 e. The summed E-state index contributed by atoms with van der Waals surface area (Å²) in [5.41, 5.74) is 2.20. The van der Waals surface area contributed by atoms with Crippen LogP contribution >= 0.6 is 0 Å². The maximum Gasteiger partial charge on any atom is 0.182 e. The Morgan fingerprint density at radius 1 is 1.44 bits per heavy atom. The molecule has 1 aromatic carbocycles. The second-order valence-corrected chi connectivity index (χ2v) is 4.83. The maximum atomic E-state index is 13.2. The Morgan fingerprint density at radius 3 is 3.00 bits per heavy atom. The van der Waals surface area contributed by atoms with Gasteiger partial charge < -0.3 is 10.3 Å². The van der Waals surface area contributed by atoms with Crippen LogP contribution in [-0.2, 0) is 0 Å². The second kappa shape index (κ2) is 4.21. The first kappa shape index (κ1) is 11.4. The number of rotatable bonds is 2. The van der Waals surface area contributed by atoms with E-state index in [2.05, 4.69) is 10.3 Å². The number of Topliss-reactive ketones (excluding diaryl/α,β-unsaturated/α-hetero) is 1. The molecular formula is C14H15FN2O. The first-order chi connectivity index (χ1) is 8.66. The van der Waals surface area contributed by atoms with Crippen molar-refractivity contribution < 1.29 is 9.18 Å². The van der Waals surface area contributed by atoms with Crippen LogP contribution < -0.4 is 5.32 Å². The van der Waals surface area contributed by atoms with Gasteiger partial charge in [-0.15, -0.1) is 0 Å². The summed E-state index contributed by atoms with van der Waals surface area (Å²) in [5.74, 6) is -0.176. The predicted octanol–water partition coefficient (Wildman–Crippen LogP) is 2.55. The molecule has 1 aliphatic heterocycles. The van der Waals surface area contributed by atoms with Gasteiger partial charge in [0, 0.05) is 22.2 Å². The molecule has 4 heteroatoms. The van der Waals surface area contributed by atoms with Crippen LogP contribution in [0.1, 0.15) is 28.9 Å². The Bertz CT molecular complexity index is 612. The molecule has 0 spiro atoms. The fraction of sp³-hybridized carbons (Fsp3) is 0.357. The lowest BCUT2D eigenvalue weighted by Crippen LogP contribution is -2.31. The zero-order valence-electron chi connectivity index (χ0n) is 10.2. The number of benzene rings is 1. The van der Waals surface area contributed by atoms with Gasteiger partial charge in [-0.1, -0.05) is 0 Å². The average molecular weight is 246 g/mol. The number of carbonyl (C=O) groups is 1. The van der Waals surface area contributed by atoms with Gasteiger partial charge in [0.2, 0.25) is 0 Å². The number of carbonyl (C=O) groups excluding carboxylic acids is 1. The van der Waals surface area contributed by atoms with Crippen molar-refractivity contribution >= 4 is 16.7 Å². The number of hydrogen-bond acceptors (Lipinski definition) is 2. The molecule has 1 fully saturated rings. The number of hydrogen-bond donors (Lipinski definition) is 2. The highest BCUT2D eigenvalue weighted by Gasteiger charge is 2.26. The molecule has 0 amide bonds. The summed E-state index contributed by atoms with van der Waals surface area (Å²) in [6.45, 7) is 2.76. The number of ketones is 1. The average Bonchev–Trinajstić information content (AvgIpc) is 2.94. The Kier molecular flexibility index (Phi) is 2.67. The summed E-state index contributed by atoms with van der Waals surface area (Å²) >= 11 is 0. The molecule has 0 radical (unpaired) electrons. The lowest BCUT2D eigenvalue weighted by molar-refractivity contribution is 0.0953. The lowest BCUT2D eigenvalue weighted by atomic mass is 10.00. The third-order valence-corrected chi connectivity index (χ3v) is 3.57. The van der Waals surface area contributed by atoms with Gasteiger partial charge in [0.15, 0.2) is 5.78 Å². The number of aryl methyl sites for hydroxylation is 1. The highest BCUT2D eigenvalue weighted by atomic mass is 19.1.